The van der Waals surface area contributed by atoms with Crippen LogP contribution < -0.4 is 14.8 Å². The molecule has 3 aromatic carbocycles. The van der Waals surface area contributed by atoms with Gasteiger partial charge in [0, 0.05) is 17.2 Å². The number of amides is 1. The third kappa shape index (κ3) is 5.08. The van der Waals surface area contributed by atoms with Gasteiger partial charge in [0.05, 0.1) is 24.8 Å². The summed E-state index contributed by atoms with van der Waals surface area (Å²) in [4.78, 5) is 25.9. The van der Waals surface area contributed by atoms with Gasteiger partial charge in [-0.15, -0.1) is 15.3 Å². The first kappa shape index (κ1) is 24.6. The molecule has 5 aromatic rings. The Kier molecular flexibility index (Phi) is 7.08. The maximum atomic E-state index is 13.0. The van der Waals surface area contributed by atoms with Crippen molar-refractivity contribution in [2.24, 2.45) is 0 Å². The second-order valence-corrected chi connectivity index (χ2v) is 8.51. The fourth-order valence-corrected chi connectivity index (χ4v) is 4.00. The number of benzene rings is 3. The van der Waals surface area contributed by atoms with Crippen LogP contribution in [0.5, 0.6) is 11.6 Å². The monoisotopic (exact) mass is 507 g/mol. The Morgan fingerprint density at radius 1 is 0.868 bits per heavy atom. The molecule has 2 aromatic heterocycles. The molecule has 0 aliphatic carbocycles. The molecule has 0 fully saturated rings. The number of ketones is 1. The van der Waals surface area contributed by atoms with E-state index in [1.54, 1.807) is 60.2 Å². The molecule has 5 rings (SSSR count). The third-order valence-electron chi connectivity index (χ3n) is 5.95. The molecule has 0 bridgehead atoms. The van der Waals surface area contributed by atoms with E-state index in [0.29, 0.717) is 39.8 Å². The normalized spacial score (nSPS) is 10.8. The standard InChI is InChI=1S/C29H25N5O4/c1-19-11-13-20(14-12-19)27(35)21-7-3-4-8-22(21)29(36)30-17-18-38-26-16-15-25-31-32-28(34(25)33-26)23-9-5-6-10-24(23)37-2/h3-16H,17-18H2,1-2H3,(H,30,36). The zero-order valence-electron chi connectivity index (χ0n) is 20.9. The van der Waals surface area contributed by atoms with Crippen molar-refractivity contribution in [2.45, 2.75) is 6.92 Å². The molecule has 0 unspecified atom stereocenters. The van der Waals surface area contributed by atoms with Gasteiger partial charge in [-0.3, -0.25) is 9.59 Å². The van der Waals surface area contributed by atoms with Crippen LogP contribution in [0, 0.1) is 6.92 Å². The second kappa shape index (κ2) is 10.9. The van der Waals surface area contributed by atoms with E-state index in [2.05, 4.69) is 20.6 Å². The Morgan fingerprint density at radius 2 is 1.61 bits per heavy atom. The minimum atomic E-state index is -0.356. The van der Waals surface area contributed by atoms with E-state index < -0.39 is 0 Å². The zero-order chi connectivity index (χ0) is 26.5. The summed E-state index contributed by atoms with van der Waals surface area (Å²) < 4.78 is 12.8. The summed E-state index contributed by atoms with van der Waals surface area (Å²) in [7, 11) is 1.59. The van der Waals surface area contributed by atoms with E-state index in [9.17, 15) is 9.59 Å². The first-order valence-electron chi connectivity index (χ1n) is 12.0. The van der Waals surface area contributed by atoms with Crippen LogP contribution in [-0.2, 0) is 0 Å². The number of aryl methyl sites for hydroxylation is 1. The number of hydrogen-bond donors (Lipinski definition) is 1. The van der Waals surface area contributed by atoms with Gasteiger partial charge in [-0.1, -0.05) is 60.2 Å². The molecule has 0 aliphatic rings. The number of aromatic nitrogens is 4. The van der Waals surface area contributed by atoms with E-state index >= 15 is 0 Å². The van der Waals surface area contributed by atoms with Gasteiger partial charge in [0.15, 0.2) is 17.3 Å². The summed E-state index contributed by atoms with van der Waals surface area (Å²) in [6.07, 6.45) is 0. The van der Waals surface area contributed by atoms with Crippen LogP contribution in [-0.4, -0.2) is 51.8 Å². The Labute approximate surface area is 219 Å². The van der Waals surface area contributed by atoms with Crippen molar-refractivity contribution in [1.82, 2.24) is 25.1 Å². The van der Waals surface area contributed by atoms with Crippen molar-refractivity contribution >= 4 is 17.3 Å². The van der Waals surface area contributed by atoms with Crippen molar-refractivity contribution < 1.29 is 19.1 Å². The maximum absolute atomic E-state index is 13.0. The highest BCUT2D eigenvalue weighted by atomic mass is 16.5. The second-order valence-electron chi connectivity index (χ2n) is 8.51. The van der Waals surface area contributed by atoms with Crippen LogP contribution in [0.25, 0.3) is 17.0 Å². The average Bonchev–Trinajstić information content (AvgIpc) is 3.38. The third-order valence-corrected chi connectivity index (χ3v) is 5.95. The largest absolute Gasteiger partial charge is 0.496 e. The highest BCUT2D eigenvalue weighted by Crippen LogP contribution is 2.28. The molecule has 2 heterocycles. The van der Waals surface area contributed by atoms with E-state index in [1.807, 2.05) is 43.3 Å². The lowest BCUT2D eigenvalue weighted by atomic mass is 9.97. The predicted octanol–water partition coefficient (Wildman–Crippen LogP) is 4.15. The van der Waals surface area contributed by atoms with Gasteiger partial charge in [-0.05, 0) is 31.2 Å². The van der Waals surface area contributed by atoms with Crippen LogP contribution in [0.2, 0.25) is 0 Å². The summed E-state index contributed by atoms with van der Waals surface area (Å²) in [5.74, 6) is 0.956. The van der Waals surface area contributed by atoms with Crippen molar-refractivity contribution in [2.75, 3.05) is 20.3 Å². The van der Waals surface area contributed by atoms with Crippen LogP contribution in [0.15, 0.2) is 84.9 Å². The molecule has 1 amide bonds. The number of rotatable bonds is 9. The molecule has 0 atom stereocenters. The number of methoxy groups -OCH3 is 1. The fourth-order valence-electron chi connectivity index (χ4n) is 4.00. The average molecular weight is 508 g/mol. The van der Waals surface area contributed by atoms with E-state index in [1.165, 1.54) is 0 Å². The van der Waals surface area contributed by atoms with Gasteiger partial charge in [-0.2, -0.15) is 4.52 Å². The molecule has 0 saturated heterocycles. The van der Waals surface area contributed by atoms with Crippen molar-refractivity contribution in [3.05, 3.63) is 107 Å². The van der Waals surface area contributed by atoms with Gasteiger partial charge < -0.3 is 14.8 Å². The van der Waals surface area contributed by atoms with E-state index in [0.717, 1.165) is 11.1 Å². The summed E-state index contributed by atoms with van der Waals surface area (Å²) in [5.41, 5.74) is 3.55. The number of hydrogen-bond acceptors (Lipinski definition) is 7. The summed E-state index contributed by atoms with van der Waals surface area (Å²) in [5, 5.41) is 15.7. The molecule has 9 heteroatoms. The number of carbonyl (C=O) groups is 2. The van der Waals surface area contributed by atoms with Gasteiger partial charge >= 0.3 is 0 Å². The Hall–Kier alpha value is -5.05. The molecule has 38 heavy (non-hydrogen) atoms. The molecule has 0 spiro atoms. The lowest BCUT2D eigenvalue weighted by Crippen LogP contribution is -2.29. The Balaban J connectivity index is 1.25. The molecule has 0 radical (unpaired) electrons. The van der Waals surface area contributed by atoms with Crippen LogP contribution in [0.3, 0.4) is 0 Å². The number of fused-ring (bicyclic) bond motifs is 1. The van der Waals surface area contributed by atoms with Gasteiger partial charge in [0.1, 0.15) is 12.4 Å². The van der Waals surface area contributed by atoms with E-state index in [-0.39, 0.29) is 24.8 Å². The minimum absolute atomic E-state index is 0.171. The predicted molar refractivity (Wildman–Crippen MR) is 142 cm³/mol. The Bertz CT molecular complexity index is 1610. The van der Waals surface area contributed by atoms with E-state index in [4.69, 9.17) is 9.47 Å². The molecule has 1 N–H and O–H groups in total. The molecule has 0 saturated carbocycles. The first-order valence-corrected chi connectivity index (χ1v) is 12.0. The van der Waals surface area contributed by atoms with Crippen molar-refractivity contribution in [3.8, 4) is 23.0 Å². The summed E-state index contributed by atoms with van der Waals surface area (Å²) in [6.45, 7) is 2.34. The quantitative estimate of drug-likeness (QED) is 0.236. The number of ether oxygens (including phenoxy) is 2. The number of nitrogens with one attached hydrogen (secondary N) is 1. The fraction of sp³-hybridized carbons (Fsp3) is 0.138. The highest BCUT2D eigenvalue weighted by Gasteiger charge is 2.18. The minimum Gasteiger partial charge on any atom is -0.496 e. The zero-order valence-corrected chi connectivity index (χ0v) is 20.9. The SMILES string of the molecule is COc1ccccc1-c1nnc2ccc(OCCNC(=O)c3ccccc3C(=O)c3ccc(C)cc3)nn12. The summed E-state index contributed by atoms with van der Waals surface area (Å²) in [6, 6.07) is 25.0. The summed E-state index contributed by atoms with van der Waals surface area (Å²) >= 11 is 0. The highest BCUT2D eigenvalue weighted by molar-refractivity contribution is 6.15. The van der Waals surface area contributed by atoms with Crippen molar-refractivity contribution in [1.29, 1.82) is 0 Å². The Morgan fingerprint density at radius 3 is 2.39 bits per heavy atom. The van der Waals surface area contributed by atoms with Gasteiger partial charge in [-0.25, -0.2) is 0 Å². The van der Waals surface area contributed by atoms with Crippen LogP contribution >= 0.6 is 0 Å². The molecule has 9 nitrogen and oxygen atoms in total. The van der Waals surface area contributed by atoms with Crippen LogP contribution in [0.4, 0.5) is 0 Å². The maximum Gasteiger partial charge on any atom is 0.252 e. The number of nitrogens with zero attached hydrogens (tertiary/aromatic N) is 4. The van der Waals surface area contributed by atoms with Gasteiger partial charge in [0.2, 0.25) is 5.88 Å². The van der Waals surface area contributed by atoms with Crippen LogP contribution in [0.1, 0.15) is 31.8 Å². The molecular formula is C29H25N5O4. The molecule has 0 aliphatic heterocycles. The lowest BCUT2D eigenvalue weighted by molar-refractivity contribution is 0.0936. The number of carbonyl (C=O) groups excluding carboxylic acids is 2. The first-order chi connectivity index (χ1) is 18.5. The number of para-hydroxylation sites is 1. The van der Waals surface area contributed by atoms with Crippen molar-refractivity contribution in [3.63, 3.8) is 0 Å². The topological polar surface area (TPSA) is 108 Å². The van der Waals surface area contributed by atoms with Gasteiger partial charge in [0.25, 0.3) is 5.91 Å². The molecule has 190 valence electrons. The molecular weight excluding hydrogens is 482 g/mol. The lowest BCUT2D eigenvalue weighted by Gasteiger charge is -2.11. The smallest absolute Gasteiger partial charge is 0.252 e.